The highest BCUT2D eigenvalue weighted by molar-refractivity contribution is 7.80. The van der Waals surface area contributed by atoms with E-state index in [-0.39, 0.29) is 12.2 Å². The van der Waals surface area contributed by atoms with E-state index in [9.17, 15) is 33.9 Å². The Hall–Kier alpha value is -2.91. The Kier molecular flexibility index (Phi) is 14.4. The number of hydrogen-bond acceptors (Lipinski definition) is 9. The first-order chi connectivity index (χ1) is 15.4. The van der Waals surface area contributed by atoms with Gasteiger partial charge in [0.2, 0.25) is 17.7 Å². The quantitative estimate of drug-likeness (QED) is 0.0741. The Morgan fingerprint density at radius 1 is 0.758 bits per heavy atom. The zero-order chi connectivity index (χ0) is 25.6. The lowest BCUT2D eigenvalue weighted by Crippen LogP contribution is -2.57. The maximum absolute atomic E-state index is 12.7. The minimum Gasteiger partial charge on any atom is -0.481 e. The number of amides is 3. The second kappa shape index (κ2) is 15.8. The molecule has 15 heteroatoms. The normalized spacial score (nSPS) is 14.3. The van der Waals surface area contributed by atoms with E-state index < -0.39 is 79.1 Å². The molecule has 0 aromatic rings. The SMILES string of the molecule is NCCCCC(NC(=O)C(N)CS)C(=O)NC(CC(=O)O)C(=O)NC(CCC(=O)O)C(=O)O. The van der Waals surface area contributed by atoms with Crippen molar-refractivity contribution in [3.05, 3.63) is 0 Å². The molecule has 0 bridgehead atoms. The fourth-order valence-electron chi connectivity index (χ4n) is 2.58. The molecule has 0 aromatic carbocycles. The number of aliphatic carboxylic acids is 3. The van der Waals surface area contributed by atoms with Gasteiger partial charge in [-0.05, 0) is 32.2 Å². The van der Waals surface area contributed by atoms with Crippen LogP contribution in [0.15, 0.2) is 0 Å². The Morgan fingerprint density at radius 3 is 1.79 bits per heavy atom. The molecular weight excluding hydrogens is 462 g/mol. The molecule has 0 fully saturated rings. The third-order valence-electron chi connectivity index (χ3n) is 4.39. The van der Waals surface area contributed by atoms with Gasteiger partial charge >= 0.3 is 17.9 Å². The van der Waals surface area contributed by atoms with Crippen molar-refractivity contribution in [1.29, 1.82) is 0 Å². The van der Waals surface area contributed by atoms with E-state index in [0.717, 1.165) is 0 Å². The number of carbonyl (C=O) groups excluding carboxylic acids is 3. The topological polar surface area (TPSA) is 251 Å². The summed E-state index contributed by atoms with van der Waals surface area (Å²) in [6.45, 7) is 0.329. The van der Waals surface area contributed by atoms with Gasteiger partial charge in [0, 0.05) is 12.2 Å². The molecule has 4 unspecified atom stereocenters. The number of nitrogens with one attached hydrogen (secondary N) is 3. The lowest BCUT2D eigenvalue weighted by molar-refractivity contribution is -0.144. The van der Waals surface area contributed by atoms with E-state index in [2.05, 4.69) is 23.3 Å². The Balaban J connectivity index is 5.47. The van der Waals surface area contributed by atoms with Crippen LogP contribution in [0.2, 0.25) is 0 Å². The summed E-state index contributed by atoms with van der Waals surface area (Å²) in [5.74, 6) is -6.99. The first-order valence-electron chi connectivity index (χ1n) is 10.1. The van der Waals surface area contributed by atoms with Crippen molar-refractivity contribution in [1.82, 2.24) is 16.0 Å². The molecule has 0 heterocycles. The van der Waals surface area contributed by atoms with Crippen molar-refractivity contribution in [2.24, 2.45) is 11.5 Å². The van der Waals surface area contributed by atoms with Crippen LogP contribution in [0.25, 0.3) is 0 Å². The van der Waals surface area contributed by atoms with Gasteiger partial charge in [-0.2, -0.15) is 12.6 Å². The number of carboxylic acids is 3. The van der Waals surface area contributed by atoms with Crippen molar-refractivity contribution in [2.75, 3.05) is 12.3 Å². The highest BCUT2D eigenvalue weighted by Gasteiger charge is 2.31. The minimum absolute atomic E-state index is 0.0000623. The molecule has 0 rings (SSSR count). The summed E-state index contributed by atoms with van der Waals surface area (Å²) in [7, 11) is 0. The molecule has 33 heavy (non-hydrogen) atoms. The fourth-order valence-corrected chi connectivity index (χ4v) is 2.74. The molecule has 0 saturated heterocycles. The first-order valence-corrected chi connectivity index (χ1v) is 10.7. The van der Waals surface area contributed by atoms with Gasteiger partial charge in [0.15, 0.2) is 0 Å². The van der Waals surface area contributed by atoms with Crippen LogP contribution in [0.4, 0.5) is 0 Å². The van der Waals surface area contributed by atoms with E-state index in [0.29, 0.717) is 19.4 Å². The molecule has 14 nitrogen and oxygen atoms in total. The third-order valence-corrected chi connectivity index (χ3v) is 4.78. The number of carboxylic acid groups (broad SMARTS) is 3. The van der Waals surface area contributed by atoms with Crippen LogP contribution in [-0.2, 0) is 28.8 Å². The summed E-state index contributed by atoms with van der Waals surface area (Å²) < 4.78 is 0. The predicted molar refractivity (Wildman–Crippen MR) is 117 cm³/mol. The standard InChI is InChI=1S/C18H31N5O9S/c19-6-2-1-3-10(21-15(28)9(20)8-33)16(29)23-12(7-14(26)27)17(30)22-11(18(31)32)4-5-13(24)25/h9-12,33H,1-8,19-20H2,(H,21,28)(H,22,30)(H,23,29)(H,24,25)(H,26,27)(H,31,32). The molecule has 3 amide bonds. The molecule has 188 valence electrons. The summed E-state index contributed by atoms with van der Waals surface area (Å²) >= 11 is 3.91. The monoisotopic (exact) mass is 493 g/mol. The molecule has 0 spiro atoms. The molecular formula is C18H31N5O9S. The lowest BCUT2D eigenvalue weighted by atomic mass is 10.1. The second-order valence-electron chi connectivity index (χ2n) is 7.13. The van der Waals surface area contributed by atoms with E-state index in [1.54, 1.807) is 0 Å². The largest absolute Gasteiger partial charge is 0.481 e. The maximum atomic E-state index is 12.7. The third kappa shape index (κ3) is 12.6. The molecule has 4 atom stereocenters. The number of carbonyl (C=O) groups is 6. The van der Waals surface area contributed by atoms with Crippen molar-refractivity contribution >= 4 is 48.3 Å². The van der Waals surface area contributed by atoms with Gasteiger partial charge in [-0.15, -0.1) is 0 Å². The average molecular weight is 494 g/mol. The smallest absolute Gasteiger partial charge is 0.326 e. The second-order valence-corrected chi connectivity index (χ2v) is 7.49. The molecule has 0 aromatic heterocycles. The van der Waals surface area contributed by atoms with E-state index in [1.165, 1.54) is 0 Å². The van der Waals surface area contributed by atoms with Gasteiger partial charge in [-0.1, -0.05) is 0 Å². The highest BCUT2D eigenvalue weighted by atomic mass is 32.1. The van der Waals surface area contributed by atoms with E-state index in [1.807, 2.05) is 5.32 Å². The molecule has 0 aliphatic rings. The molecule has 10 N–H and O–H groups in total. The van der Waals surface area contributed by atoms with Crippen molar-refractivity contribution < 1.29 is 44.1 Å². The molecule has 0 radical (unpaired) electrons. The maximum Gasteiger partial charge on any atom is 0.326 e. The molecule has 0 saturated carbocycles. The number of thiol groups is 1. The van der Waals surface area contributed by atoms with Crippen LogP contribution in [-0.4, -0.2) is 87.4 Å². The average Bonchev–Trinajstić information content (AvgIpc) is 2.73. The summed E-state index contributed by atoms with van der Waals surface area (Å²) in [5.41, 5.74) is 11.0. The number of nitrogens with two attached hydrogens (primary N) is 2. The summed E-state index contributed by atoms with van der Waals surface area (Å²) in [6.07, 6.45) is -0.829. The van der Waals surface area contributed by atoms with Crippen LogP contribution in [0.3, 0.4) is 0 Å². The van der Waals surface area contributed by atoms with Crippen LogP contribution >= 0.6 is 12.6 Å². The summed E-state index contributed by atoms with van der Waals surface area (Å²) in [6, 6.07) is -5.48. The Labute approximate surface area is 195 Å². The zero-order valence-electron chi connectivity index (χ0n) is 17.9. The first kappa shape index (κ1) is 30.1. The van der Waals surface area contributed by atoms with Crippen molar-refractivity contribution in [2.45, 2.75) is 62.7 Å². The highest BCUT2D eigenvalue weighted by Crippen LogP contribution is 2.05. The van der Waals surface area contributed by atoms with E-state index >= 15 is 0 Å². The lowest BCUT2D eigenvalue weighted by Gasteiger charge is -2.24. The van der Waals surface area contributed by atoms with Gasteiger partial charge in [0.1, 0.15) is 18.1 Å². The Morgan fingerprint density at radius 2 is 1.30 bits per heavy atom. The summed E-state index contributed by atoms with van der Waals surface area (Å²) in [5, 5.41) is 33.6. The number of unbranched alkanes of at least 4 members (excludes halogenated alkanes) is 1. The van der Waals surface area contributed by atoms with Crippen molar-refractivity contribution in [3.8, 4) is 0 Å². The predicted octanol–water partition coefficient (Wildman–Crippen LogP) is -2.75. The van der Waals surface area contributed by atoms with Crippen LogP contribution in [0.1, 0.15) is 38.5 Å². The molecule has 0 aliphatic carbocycles. The van der Waals surface area contributed by atoms with Crippen LogP contribution in [0, 0.1) is 0 Å². The van der Waals surface area contributed by atoms with Gasteiger partial charge in [-0.25, -0.2) is 4.79 Å². The molecule has 0 aliphatic heterocycles. The van der Waals surface area contributed by atoms with E-state index in [4.69, 9.17) is 21.7 Å². The number of hydrogen-bond donors (Lipinski definition) is 9. The Bertz CT molecular complexity index is 721. The van der Waals surface area contributed by atoms with Crippen LogP contribution < -0.4 is 27.4 Å². The zero-order valence-corrected chi connectivity index (χ0v) is 18.8. The minimum atomic E-state index is -1.69. The van der Waals surface area contributed by atoms with Crippen molar-refractivity contribution in [3.63, 3.8) is 0 Å². The van der Waals surface area contributed by atoms with Gasteiger partial charge in [-0.3, -0.25) is 24.0 Å². The number of rotatable bonds is 17. The van der Waals surface area contributed by atoms with Gasteiger partial charge < -0.3 is 42.7 Å². The van der Waals surface area contributed by atoms with Gasteiger partial charge in [0.25, 0.3) is 0 Å². The summed E-state index contributed by atoms with van der Waals surface area (Å²) in [4.78, 5) is 70.5. The fraction of sp³-hybridized carbons (Fsp3) is 0.667. The van der Waals surface area contributed by atoms with Gasteiger partial charge in [0.05, 0.1) is 12.5 Å². The van der Waals surface area contributed by atoms with Crippen LogP contribution in [0.5, 0.6) is 0 Å².